The van der Waals surface area contributed by atoms with Crippen molar-refractivity contribution in [3.05, 3.63) is 52.9 Å². The first kappa shape index (κ1) is 21.3. The van der Waals surface area contributed by atoms with Crippen molar-refractivity contribution in [3.8, 4) is 0 Å². The largest absolute Gasteiger partial charge is 0.441 e. The van der Waals surface area contributed by atoms with Gasteiger partial charge in [0.05, 0.1) is 18.1 Å². The summed E-state index contributed by atoms with van der Waals surface area (Å²) in [5.41, 5.74) is 0.248. The number of furan rings is 1. The van der Waals surface area contributed by atoms with Crippen LogP contribution in [0.4, 0.5) is 16.0 Å². The molecule has 2 saturated heterocycles. The first-order chi connectivity index (χ1) is 15.7. The Balaban J connectivity index is 1.44. The molecule has 1 amide bonds. The standard InChI is InChI=1S/C24H26FN3O3S/c25-19-8-4-5-9-20(19)26-24-28(17-6-2-1-3-7-17)23(29)21(32-24)16-18-10-11-22(31-18)27-12-14-30-15-13-27/h4-5,8-11,16-17H,1-3,6-7,12-15H2/b21-16-,26-24?. The molecule has 3 fully saturated rings. The molecule has 0 bridgehead atoms. The maximum atomic E-state index is 14.3. The first-order valence-corrected chi connectivity index (χ1v) is 12.0. The molecule has 2 aliphatic heterocycles. The van der Waals surface area contributed by atoms with Crippen LogP contribution >= 0.6 is 11.8 Å². The average molecular weight is 456 g/mol. The molecule has 5 rings (SSSR count). The lowest BCUT2D eigenvalue weighted by molar-refractivity contribution is -0.124. The number of para-hydroxylation sites is 1. The van der Waals surface area contributed by atoms with Crippen molar-refractivity contribution in [3.63, 3.8) is 0 Å². The molecule has 32 heavy (non-hydrogen) atoms. The molecule has 168 valence electrons. The zero-order chi connectivity index (χ0) is 21.9. The molecule has 3 heterocycles. The summed E-state index contributed by atoms with van der Waals surface area (Å²) in [5, 5.41) is 0.540. The number of anilines is 1. The van der Waals surface area contributed by atoms with Gasteiger partial charge in [-0.2, -0.15) is 0 Å². The van der Waals surface area contributed by atoms with Crippen molar-refractivity contribution in [2.45, 2.75) is 38.1 Å². The SMILES string of the molecule is O=C1/C(=C/c2ccc(N3CCOCC3)o2)SC(=Nc2ccccc2F)N1C1CCCCC1. The summed E-state index contributed by atoms with van der Waals surface area (Å²) in [6.07, 6.45) is 7.02. The summed E-state index contributed by atoms with van der Waals surface area (Å²) < 4.78 is 25.7. The van der Waals surface area contributed by atoms with E-state index in [2.05, 4.69) is 9.89 Å². The van der Waals surface area contributed by atoms with Crippen LogP contribution in [-0.4, -0.2) is 48.3 Å². The van der Waals surface area contributed by atoms with Crippen molar-refractivity contribution in [2.75, 3.05) is 31.2 Å². The Kier molecular flexibility index (Phi) is 6.32. The number of aliphatic imine (C=N–C) groups is 1. The van der Waals surface area contributed by atoms with Gasteiger partial charge in [-0.3, -0.25) is 9.69 Å². The number of amides is 1. The van der Waals surface area contributed by atoms with Gasteiger partial charge in [-0.1, -0.05) is 31.4 Å². The molecular weight excluding hydrogens is 429 g/mol. The van der Waals surface area contributed by atoms with E-state index in [-0.39, 0.29) is 17.6 Å². The van der Waals surface area contributed by atoms with Crippen molar-refractivity contribution in [2.24, 2.45) is 4.99 Å². The third-order valence-electron chi connectivity index (χ3n) is 6.05. The van der Waals surface area contributed by atoms with Gasteiger partial charge in [0.15, 0.2) is 11.1 Å². The molecule has 1 aromatic heterocycles. The van der Waals surface area contributed by atoms with Crippen LogP contribution < -0.4 is 4.90 Å². The smallest absolute Gasteiger partial charge is 0.267 e. The number of morpholine rings is 1. The van der Waals surface area contributed by atoms with Crippen LogP contribution in [-0.2, 0) is 9.53 Å². The van der Waals surface area contributed by atoms with Crippen LogP contribution in [0.1, 0.15) is 37.9 Å². The monoisotopic (exact) mass is 455 g/mol. The van der Waals surface area contributed by atoms with Gasteiger partial charge >= 0.3 is 0 Å². The van der Waals surface area contributed by atoms with Crippen LogP contribution in [0.2, 0.25) is 0 Å². The summed E-state index contributed by atoms with van der Waals surface area (Å²) in [6, 6.07) is 10.3. The lowest BCUT2D eigenvalue weighted by Crippen LogP contribution is -2.40. The van der Waals surface area contributed by atoms with Gasteiger partial charge in [0.25, 0.3) is 5.91 Å². The average Bonchev–Trinajstić information content (AvgIpc) is 3.41. The van der Waals surface area contributed by atoms with Crippen molar-refractivity contribution >= 4 is 40.5 Å². The predicted octanol–water partition coefficient (Wildman–Crippen LogP) is 5.19. The fourth-order valence-corrected chi connectivity index (χ4v) is 5.41. The van der Waals surface area contributed by atoms with E-state index >= 15 is 0 Å². The highest BCUT2D eigenvalue weighted by Crippen LogP contribution is 2.39. The number of nitrogens with zero attached hydrogens (tertiary/aromatic N) is 3. The number of halogens is 1. The van der Waals surface area contributed by atoms with Crippen molar-refractivity contribution in [1.82, 2.24) is 4.90 Å². The molecular formula is C24H26FN3O3S. The van der Waals surface area contributed by atoms with E-state index in [0.717, 1.165) is 44.7 Å². The highest BCUT2D eigenvalue weighted by Gasteiger charge is 2.39. The van der Waals surface area contributed by atoms with Gasteiger partial charge in [0.2, 0.25) is 0 Å². The summed E-state index contributed by atoms with van der Waals surface area (Å²) in [6.45, 7) is 2.92. The minimum atomic E-state index is -0.393. The van der Waals surface area contributed by atoms with Crippen LogP contribution in [0.25, 0.3) is 6.08 Å². The summed E-state index contributed by atoms with van der Waals surface area (Å²) in [5.74, 6) is 0.926. The number of carbonyl (C=O) groups is 1. The number of ether oxygens (including phenoxy) is 1. The van der Waals surface area contributed by atoms with Gasteiger partial charge in [-0.05, 0) is 42.8 Å². The number of amidine groups is 1. The lowest BCUT2D eigenvalue weighted by atomic mass is 9.94. The first-order valence-electron chi connectivity index (χ1n) is 11.2. The van der Waals surface area contributed by atoms with Crippen LogP contribution in [0.15, 0.2) is 50.7 Å². The number of carbonyl (C=O) groups excluding carboxylic acids is 1. The molecule has 6 nitrogen and oxygen atoms in total. The van der Waals surface area contributed by atoms with E-state index in [1.54, 1.807) is 29.2 Å². The fraction of sp³-hybridized carbons (Fsp3) is 0.417. The van der Waals surface area contributed by atoms with E-state index in [1.807, 2.05) is 12.1 Å². The minimum Gasteiger partial charge on any atom is -0.441 e. The van der Waals surface area contributed by atoms with E-state index in [9.17, 15) is 9.18 Å². The number of hydrogen-bond donors (Lipinski definition) is 0. The van der Waals surface area contributed by atoms with Gasteiger partial charge < -0.3 is 14.1 Å². The maximum Gasteiger partial charge on any atom is 0.267 e. The maximum absolute atomic E-state index is 14.3. The molecule has 0 spiro atoms. The molecule has 8 heteroatoms. The number of hydrogen-bond acceptors (Lipinski definition) is 6. The third kappa shape index (κ3) is 4.47. The Morgan fingerprint density at radius 1 is 1.06 bits per heavy atom. The van der Waals surface area contributed by atoms with E-state index in [1.165, 1.54) is 24.2 Å². The zero-order valence-electron chi connectivity index (χ0n) is 17.8. The van der Waals surface area contributed by atoms with Gasteiger partial charge in [-0.15, -0.1) is 0 Å². The normalized spacial score (nSPS) is 23.0. The minimum absolute atomic E-state index is 0.0821. The Morgan fingerprint density at radius 2 is 1.84 bits per heavy atom. The van der Waals surface area contributed by atoms with Gasteiger partial charge in [0.1, 0.15) is 17.3 Å². The highest BCUT2D eigenvalue weighted by atomic mass is 32.2. The molecule has 0 radical (unpaired) electrons. The number of thioether (sulfide) groups is 1. The summed E-state index contributed by atoms with van der Waals surface area (Å²) in [4.78, 5) is 22.4. The summed E-state index contributed by atoms with van der Waals surface area (Å²) >= 11 is 1.29. The predicted molar refractivity (Wildman–Crippen MR) is 125 cm³/mol. The second-order valence-corrected chi connectivity index (χ2v) is 9.21. The highest BCUT2D eigenvalue weighted by molar-refractivity contribution is 8.18. The van der Waals surface area contributed by atoms with E-state index in [0.29, 0.717) is 29.0 Å². The molecule has 0 unspecified atom stereocenters. The molecule has 0 N–H and O–H groups in total. The topological polar surface area (TPSA) is 58.3 Å². The quantitative estimate of drug-likeness (QED) is 0.594. The summed E-state index contributed by atoms with van der Waals surface area (Å²) in [7, 11) is 0. The number of benzene rings is 1. The van der Waals surface area contributed by atoms with Crippen molar-refractivity contribution < 1.29 is 18.3 Å². The Bertz CT molecular complexity index is 1040. The molecule has 3 aliphatic rings. The molecule has 2 aromatic rings. The lowest BCUT2D eigenvalue weighted by Gasteiger charge is -2.30. The molecule has 1 aromatic carbocycles. The third-order valence-corrected chi connectivity index (χ3v) is 7.04. The van der Waals surface area contributed by atoms with Crippen molar-refractivity contribution in [1.29, 1.82) is 0 Å². The second kappa shape index (κ2) is 9.50. The molecule has 1 aliphatic carbocycles. The van der Waals surface area contributed by atoms with Gasteiger partial charge in [-0.25, -0.2) is 9.38 Å². The Hall–Kier alpha value is -2.58. The molecule has 0 atom stereocenters. The Morgan fingerprint density at radius 3 is 2.62 bits per heavy atom. The van der Waals surface area contributed by atoms with E-state index < -0.39 is 5.82 Å². The fourth-order valence-electron chi connectivity index (χ4n) is 4.37. The van der Waals surface area contributed by atoms with Crippen LogP contribution in [0, 0.1) is 5.82 Å². The van der Waals surface area contributed by atoms with Crippen LogP contribution in [0.5, 0.6) is 0 Å². The molecule has 1 saturated carbocycles. The Labute approximate surface area is 191 Å². The second-order valence-electron chi connectivity index (χ2n) is 8.20. The van der Waals surface area contributed by atoms with E-state index in [4.69, 9.17) is 9.15 Å². The number of rotatable bonds is 4. The van der Waals surface area contributed by atoms with Crippen LogP contribution in [0.3, 0.4) is 0 Å². The van der Waals surface area contributed by atoms with Gasteiger partial charge in [0, 0.05) is 31.3 Å². The zero-order valence-corrected chi connectivity index (χ0v) is 18.7.